The highest BCUT2D eigenvalue weighted by Crippen LogP contribution is 2.50. The highest BCUT2D eigenvalue weighted by atomic mass is 32.2. The van der Waals surface area contributed by atoms with Crippen LogP contribution in [0.4, 0.5) is 13.2 Å². The van der Waals surface area contributed by atoms with Crippen molar-refractivity contribution in [2.75, 3.05) is 0 Å². The number of halogens is 3. The van der Waals surface area contributed by atoms with Gasteiger partial charge in [-0.3, -0.25) is 4.55 Å². The van der Waals surface area contributed by atoms with Crippen LogP contribution in [0.3, 0.4) is 0 Å². The third-order valence-electron chi connectivity index (χ3n) is 3.94. The Bertz CT molecular complexity index is 858. The van der Waals surface area contributed by atoms with Gasteiger partial charge in [-0.2, -0.15) is 21.6 Å². The maximum absolute atomic E-state index is 13.2. The number of hydrogen-bond donors (Lipinski definition) is 1. The maximum atomic E-state index is 13.2. The summed E-state index contributed by atoms with van der Waals surface area (Å²) in [7, 11) is -5.01. The molecule has 1 N–H and O–H groups in total. The Morgan fingerprint density at radius 2 is 1.73 bits per heavy atom. The van der Waals surface area contributed by atoms with Gasteiger partial charge >= 0.3 is 6.18 Å². The van der Waals surface area contributed by atoms with Crippen LogP contribution in [-0.2, 0) is 16.5 Å². The van der Waals surface area contributed by atoms with Crippen molar-refractivity contribution >= 4 is 15.7 Å². The molecule has 0 bridgehead atoms. The first-order valence-corrected chi connectivity index (χ1v) is 7.82. The molecule has 7 heteroatoms. The van der Waals surface area contributed by atoms with Crippen LogP contribution in [0.1, 0.15) is 17.5 Å². The van der Waals surface area contributed by atoms with Gasteiger partial charge in [0.05, 0.1) is 5.57 Å². The minimum atomic E-state index is -5.01. The first kappa shape index (κ1) is 15.1. The van der Waals surface area contributed by atoms with Crippen LogP contribution in [0.25, 0.3) is 5.57 Å². The Balaban J connectivity index is 2.21. The van der Waals surface area contributed by atoms with Crippen molar-refractivity contribution in [3.63, 3.8) is 0 Å². The van der Waals surface area contributed by atoms with E-state index >= 15 is 0 Å². The highest BCUT2D eigenvalue weighted by molar-refractivity contribution is 7.90. The van der Waals surface area contributed by atoms with Crippen LogP contribution < -0.4 is 0 Å². The Kier molecular flexibility index (Phi) is 3.12. The Morgan fingerprint density at radius 3 is 2.32 bits per heavy atom. The van der Waals surface area contributed by atoms with Gasteiger partial charge in [-0.1, -0.05) is 30.8 Å². The van der Waals surface area contributed by atoms with Crippen molar-refractivity contribution in [2.45, 2.75) is 19.0 Å². The molecule has 0 atom stereocenters. The molecule has 0 heterocycles. The Labute approximate surface area is 125 Å². The van der Waals surface area contributed by atoms with Gasteiger partial charge in [0.1, 0.15) is 4.91 Å². The van der Waals surface area contributed by atoms with E-state index < -0.39 is 33.2 Å². The summed E-state index contributed by atoms with van der Waals surface area (Å²) in [6, 6.07) is 6.97. The van der Waals surface area contributed by atoms with Gasteiger partial charge in [-0.25, -0.2) is 0 Å². The molecular formula is C15H11F3O3S. The summed E-state index contributed by atoms with van der Waals surface area (Å²) in [6.07, 6.45) is -5.12. The molecule has 0 fully saturated rings. The van der Waals surface area contributed by atoms with E-state index in [4.69, 9.17) is 0 Å². The molecule has 1 aromatic carbocycles. The zero-order valence-corrected chi connectivity index (χ0v) is 12.1. The van der Waals surface area contributed by atoms with Crippen LogP contribution >= 0.6 is 0 Å². The topological polar surface area (TPSA) is 54.4 Å². The molecule has 0 amide bonds. The number of benzene rings is 1. The van der Waals surface area contributed by atoms with Gasteiger partial charge < -0.3 is 0 Å². The van der Waals surface area contributed by atoms with E-state index in [-0.39, 0.29) is 5.57 Å². The molecule has 22 heavy (non-hydrogen) atoms. The monoisotopic (exact) mass is 328 g/mol. The van der Waals surface area contributed by atoms with Gasteiger partial charge in [0.15, 0.2) is 0 Å². The Morgan fingerprint density at radius 1 is 1.09 bits per heavy atom. The lowest BCUT2D eigenvalue weighted by atomic mass is 9.88. The summed E-state index contributed by atoms with van der Waals surface area (Å²) in [5.74, 6) is 0. The maximum Gasteiger partial charge on any atom is 0.414 e. The van der Waals surface area contributed by atoms with Crippen LogP contribution in [0.15, 0.2) is 52.5 Å². The van der Waals surface area contributed by atoms with Crippen molar-refractivity contribution < 1.29 is 26.1 Å². The molecule has 0 saturated carbocycles. The quantitative estimate of drug-likeness (QED) is 0.801. The second kappa shape index (κ2) is 4.57. The predicted octanol–water partition coefficient (Wildman–Crippen LogP) is 3.66. The number of allylic oxidation sites excluding steroid dienone is 4. The predicted molar refractivity (Wildman–Crippen MR) is 75.5 cm³/mol. The van der Waals surface area contributed by atoms with E-state index in [9.17, 15) is 26.1 Å². The minimum Gasteiger partial charge on any atom is -0.282 e. The molecule has 0 radical (unpaired) electrons. The number of rotatable bonds is 1. The first-order chi connectivity index (χ1) is 10.1. The fourth-order valence-corrected chi connectivity index (χ4v) is 3.97. The summed E-state index contributed by atoms with van der Waals surface area (Å²) in [6.45, 7) is 3.50. The zero-order valence-electron chi connectivity index (χ0n) is 11.2. The van der Waals surface area contributed by atoms with Gasteiger partial charge in [-0.05, 0) is 34.3 Å². The number of hydrogen-bond acceptors (Lipinski definition) is 2. The second-order valence-electron chi connectivity index (χ2n) is 5.23. The third kappa shape index (κ3) is 2.21. The van der Waals surface area contributed by atoms with Gasteiger partial charge in [0.25, 0.3) is 10.1 Å². The fourth-order valence-electron chi connectivity index (χ4n) is 3.04. The molecule has 1 aromatic rings. The van der Waals surface area contributed by atoms with Gasteiger partial charge in [0, 0.05) is 6.42 Å². The van der Waals surface area contributed by atoms with E-state index in [1.807, 2.05) is 0 Å². The Hall–Kier alpha value is -1.86. The summed E-state index contributed by atoms with van der Waals surface area (Å²) in [5.41, 5.74) is 0.839. The zero-order chi connectivity index (χ0) is 16.3. The summed E-state index contributed by atoms with van der Waals surface area (Å²) < 4.78 is 71.8. The highest BCUT2D eigenvalue weighted by Gasteiger charge is 2.45. The fraction of sp³-hybridized carbons (Fsp3) is 0.200. The summed E-state index contributed by atoms with van der Waals surface area (Å²) in [4.78, 5) is -1.11. The van der Waals surface area contributed by atoms with Crippen molar-refractivity contribution in [1.82, 2.24) is 0 Å². The lowest BCUT2D eigenvalue weighted by Gasteiger charge is -2.24. The summed E-state index contributed by atoms with van der Waals surface area (Å²) in [5, 5.41) is 0. The molecule has 0 aliphatic heterocycles. The van der Waals surface area contributed by atoms with E-state index in [1.165, 1.54) is 0 Å². The number of alkyl halides is 3. The molecular weight excluding hydrogens is 317 g/mol. The van der Waals surface area contributed by atoms with Gasteiger partial charge in [-0.15, -0.1) is 0 Å². The molecule has 2 aliphatic rings. The molecule has 0 spiro atoms. The first-order valence-electron chi connectivity index (χ1n) is 6.38. The molecule has 0 saturated heterocycles. The van der Waals surface area contributed by atoms with Crippen molar-refractivity contribution in [1.29, 1.82) is 0 Å². The van der Waals surface area contributed by atoms with E-state index in [0.717, 1.165) is 5.56 Å². The lowest BCUT2D eigenvalue weighted by Crippen LogP contribution is -2.23. The van der Waals surface area contributed by atoms with Crippen molar-refractivity contribution in [3.8, 4) is 0 Å². The van der Waals surface area contributed by atoms with Crippen molar-refractivity contribution in [3.05, 3.63) is 63.6 Å². The van der Waals surface area contributed by atoms with Crippen LogP contribution in [0.2, 0.25) is 0 Å². The molecule has 2 aliphatic carbocycles. The SMILES string of the molecule is C=C1C2=C(CC(C(F)(F)F)=C1S(=O)(=O)O)c1ccccc1C2. The summed E-state index contributed by atoms with van der Waals surface area (Å²) >= 11 is 0. The molecule has 3 nitrogen and oxygen atoms in total. The molecule has 3 rings (SSSR count). The normalized spacial score (nSPS) is 18.6. The third-order valence-corrected chi connectivity index (χ3v) is 4.95. The molecule has 0 unspecified atom stereocenters. The smallest absolute Gasteiger partial charge is 0.282 e. The van der Waals surface area contributed by atoms with Crippen LogP contribution in [-0.4, -0.2) is 19.1 Å². The van der Waals surface area contributed by atoms with Crippen LogP contribution in [0, 0.1) is 0 Å². The average Bonchev–Trinajstić information content (AvgIpc) is 2.75. The lowest BCUT2D eigenvalue weighted by molar-refractivity contribution is -0.0931. The van der Waals surface area contributed by atoms with Gasteiger partial charge in [0.2, 0.25) is 0 Å². The second-order valence-corrected chi connectivity index (χ2v) is 6.59. The molecule has 116 valence electrons. The van der Waals surface area contributed by atoms with E-state index in [1.54, 1.807) is 24.3 Å². The van der Waals surface area contributed by atoms with E-state index in [2.05, 4.69) is 6.58 Å². The van der Waals surface area contributed by atoms with E-state index in [0.29, 0.717) is 23.1 Å². The van der Waals surface area contributed by atoms with Crippen LogP contribution in [0.5, 0.6) is 0 Å². The molecule has 0 aromatic heterocycles. The van der Waals surface area contributed by atoms with Crippen molar-refractivity contribution in [2.24, 2.45) is 0 Å². The minimum absolute atomic E-state index is 0.271. The average molecular weight is 328 g/mol. The largest absolute Gasteiger partial charge is 0.414 e. The number of fused-ring (bicyclic) bond motifs is 2. The standard InChI is InChI=1S/C15H11F3O3S/c1-8-11-6-9-4-2-3-5-10(9)12(11)7-13(15(16,17)18)14(8)22(19,20)21/h2-5H,1,6-7H2,(H,19,20,21).